The fourth-order valence-electron chi connectivity index (χ4n) is 7.64. The molecule has 0 atom stereocenters. The molecular weight excluding hydrogens is 938 g/mol. The molecule has 8 rings (SSSR count). The van der Waals surface area contributed by atoms with Crippen LogP contribution in [0.15, 0.2) is 134 Å². The number of fused-ring (bicyclic) bond motifs is 1. The number of phenols is 1. The van der Waals surface area contributed by atoms with Gasteiger partial charge < -0.3 is 5.11 Å². The standard InChI is InChI=1S/C57H58N3O.Pt/c1-35(2)41-28-42(36(3)4)30-43(29-41)39-21-24-51(37(5)27-39)60-52-17-14-16-48(54(52)59-55(60)49-15-12-13-18-53(49)61)44-31-45(33-47(32-44)57(9,10)11)50-34-40(25-26-58-50)38-19-22-46(23-20-38)56(6,7)8;/h12-30,32-36,61H,1-11H3;/q-1;/i5D3,6D3,7D3,8D3,35D,36D;. The van der Waals surface area contributed by atoms with Gasteiger partial charge in [0.15, 0.2) is 0 Å². The van der Waals surface area contributed by atoms with Gasteiger partial charge in [0.25, 0.3) is 0 Å². The minimum atomic E-state index is -3.40. The summed E-state index contributed by atoms with van der Waals surface area (Å²) in [6.07, 6.45) is 1.60. The van der Waals surface area contributed by atoms with Gasteiger partial charge in [-0.25, -0.2) is 4.98 Å². The van der Waals surface area contributed by atoms with Crippen LogP contribution >= 0.6 is 0 Å². The summed E-state index contributed by atoms with van der Waals surface area (Å²) < 4.78 is 120. The molecule has 0 aliphatic heterocycles. The second-order valence-corrected chi connectivity index (χ2v) is 17.2. The molecule has 6 aromatic carbocycles. The van der Waals surface area contributed by atoms with Gasteiger partial charge >= 0.3 is 0 Å². The Hall–Kier alpha value is -5.57. The topological polar surface area (TPSA) is 50.9 Å². The number of para-hydroxylation sites is 2. The molecule has 0 aliphatic rings. The Morgan fingerprint density at radius 2 is 1.31 bits per heavy atom. The first kappa shape index (κ1) is 29.7. The maximum atomic E-state index is 11.4. The quantitative estimate of drug-likeness (QED) is 0.154. The van der Waals surface area contributed by atoms with E-state index < -0.39 is 50.0 Å². The van der Waals surface area contributed by atoms with Gasteiger partial charge in [0.1, 0.15) is 11.6 Å². The zero-order valence-electron chi connectivity index (χ0n) is 49.8. The minimum absolute atomic E-state index is 0. The Bertz CT molecular complexity index is 3390. The number of aryl methyl sites for hydroxylation is 1. The molecule has 0 saturated heterocycles. The number of imidazole rings is 1. The monoisotopic (exact) mass is 1010 g/mol. The minimum Gasteiger partial charge on any atom is -0.507 e. The average molecular weight is 1010 g/mol. The third kappa shape index (κ3) is 8.86. The van der Waals surface area contributed by atoms with Gasteiger partial charge in [0, 0.05) is 52.1 Å². The van der Waals surface area contributed by atoms with E-state index in [0.717, 1.165) is 5.56 Å². The van der Waals surface area contributed by atoms with E-state index in [1.165, 1.54) is 24.3 Å². The van der Waals surface area contributed by atoms with Crippen LogP contribution in [0.3, 0.4) is 0 Å². The number of pyridine rings is 1. The number of benzene rings is 6. The third-order valence-electron chi connectivity index (χ3n) is 11.2. The van der Waals surface area contributed by atoms with Gasteiger partial charge in [-0.3, -0.25) is 9.55 Å². The molecule has 5 heteroatoms. The fourth-order valence-corrected chi connectivity index (χ4v) is 7.64. The number of aromatic hydroxyl groups is 1. The molecule has 0 amide bonds. The first-order valence-corrected chi connectivity index (χ1v) is 20.3. The second-order valence-electron chi connectivity index (χ2n) is 17.2. The van der Waals surface area contributed by atoms with E-state index in [1.807, 2.05) is 60.7 Å². The van der Waals surface area contributed by atoms with Crippen LogP contribution in [0.25, 0.3) is 72.7 Å². The van der Waals surface area contributed by atoms with Crippen LogP contribution in [0, 0.1) is 12.9 Å². The molecule has 8 aromatic rings. The molecule has 4 nitrogen and oxygen atoms in total. The van der Waals surface area contributed by atoms with Crippen molar-refractivity contribution in [1.29, 1.82) is 0 Å². The van der Waals surface area contributed by atoms with Crippen LogP contribution in [-0.4, -0.2) is 19.6 Å². The van der Waals surface area contributed by atoms with E-state index in [4.69, 9.17) is 29.2 Å². The van der Waals surface area contributed by atoms with E-state index in [-0.39, 0.29) is 43.8 Å². The summed E-state index contributed by atoms with van der Waals surface area (Å²) in [5.41, 5.74) is 4.93. The van der Waals surface area contributed by atoms with Crippen LogP contribution in [0.5, 0.6) is 5.75 Å². The van der Waals surface area contributed by atoms with E-state index in [2.05, 4.69) is 26.8 Å². The van der Waals surface area contributed by atoms with Crippen LogP contribution < -0.4 is 0 Å². The third-order valence-corrected chi connectivity index (χ3v) is 11.2. The Kier molecular flexibility index (Phi) is 8.28. The van der Waals surface area contributed by atoms with E-state index in [1.54, 1.807) is 80.9 Å². The Morgan fingerprint density at radius 3 is 1.97 bits per heavy atom. The maximum absolute atomic E-state index is 11.4. The molecule has 1 N–H and O–H groups in total. The molecule has 0 spiro atoms. The summed E-state index contributed by atoms with van der Waals surface area (Å²) in [5, 5.41) is 11.4. The molecule has 0 aliphatic carbocycles. The van der Waals surface area contributed by atoms with Gasteiger partial charge in [-0.15, -0.1) is 29.3 Å². The molecule has 0 bridgehead atoms. The average Bonchev–Trinajstić information content (AvgIpc) is 3.68. The molecule has 318 valence electrons. The van der Waals surface area contributed by atoms with E-state index in [0.29, 0.717) is 78.0 Å². The van der Waals surface area contributed by atoms with Crippen molar-refractivity contribution in [1.82, 2.24) is 14.5 Å². The second kappa shape index (κ2) is 17.3. The smallest absolute Gasteiger partial charge is 0.148 e. The Morgan fingerprint density at radius 1 is 0.645 bits per heavy atom. The molecule has 0 fully saturated rings. The van der Waals surface area contributed by atoms with Crippen molar-refractivity contribution in [2.24, 2.45) is 0 Å². The number of aromatic nitrogens is 3. The number of hydrogen-bond acceptors (Lipinski definition) is 3. The van der Waals surface area contributed by atoms with Crippen molar-refractivity contribution in [2.75, 3.05) is 0 Å². The summed E-state index contributed by atoms with van der Waals surface area (Å²) in [4.78, 5) is 9.97. The van der Waals surface area contributed by atoms with Crippen molar-refractivity contribution < 1.29 is 45.4 Å². The van der Waals surface area contributed by atoms with Gasteiger partial charge in [-0.2, -0.15) is 0 Å². The van der Waals surface area contributed by atoms with Crippen molar-refractivity contribution in [3.8, 4) is 67.5 Å². The van der Waals surface area contributed by atoms with Crippen molar-refractivity contribution in [3.05, 3.63) is 167 Å². The predicted octanol–water partition coefficient (Wildman–Crippen LogP) is 15.4. The predicted molar refractivity (Wildman–Crippen MR) is 257 cm³/mol. The maximum Gasteiger partial charge on any atom is 0.148 e. The zero-order chi connectivity index (χ0) is 55.2. The molecule has 2 heterocycles. The van der Waals surface area contributed by atoms with Crippen molar-refractivity contribution >= 4 is 11.0 Å². The first-order valence-electron chi connectivity index (χ1n) is 27.3. The Labute approximate surface area is 403 Å². The summed E-state index contributed by atoms with van der Waals surface area (Å²) in [7, 11) is 0. The van der Waals surface area contributed by atoms with Crippen LogP contribution in [0.2, 0.25) is 0 Å². The summed E-state index contributed by atoms with van der Waals surface area (Å²) in [6.45, 7) is 0.453. The van der Waals surface area contributed by atoms with Gasteiger partial charge in [0.05, 0.1) is 22.3 Å². The largest absolute Gasteiger partial charge is 0.507 e. The van der Waals surface area contributed by atoms with E-state index >= 15 is 0 Å². The molecular formula is C57H58N3OPt-. The summed E-state index contributed by atoms with van der Waals surface area (Å²) in [6, 6.07) is 39.8. The summed E-state index contributed by atoms with van der Waals surface area (Å²) >= 11 is 0. The Balaban J connectivity index is 0.00000840. The van der Waals surface area contributed by atoms with Crippen molar-refractivity contribution in [3.63, 3.8) is 0 Å². The number of nitrogens with zero attached hydrogens (tertiary/aromatic N) is 3. The van der Waals surface area contributed by atoms with Crippen LogP contribution in [-0.2, 0) is 31.9 Å². The van der Waals surface area contributed by atoms with Crippen LogP contribution in [0.4, 0.5) is 0 Å². The molecule has 62 heavy (non-hydrogen) atoms. The molecule has 0 unspecified atom stereocenters. The molecule has 0 radical (unpaired) electrons. The van der Waals surface area contributed by atoms with Crippen LogP contribution in [0.1, 0.15) is 128 Å². The van der Waals surface area contributed by atoms with Crippen molar-refractivity contribution in [2.45, 2.75) is 98.5 Å². The normalized spacial score (nSPS) is 16.5. The molecule has 0 saturated carbocycles. The van der Waals surface area contributed by atoms with Gasteiger partial charge in [-0.1, -0.05) is 159 Å². The van der Waals surface area contributed by atoms with Gasteiger partial charge in [0.2, 0.25) is 0 Å². The number of hydrogen-bond donors (Lipinski definition) is 1. The van der Waals surface area contributed by atoms with E-state index in [9.17, 15) is 5.11 Å². The fraction of sp³-hybridized carbons (Fsp3) is 0.263. The molecule has 2 aromatic heterocycles. The first-order chi connectivity index (χ1) is 34.5. The number of phenolic OH excluding ortho intramolecular Hbond substituents is 1. The summed E-state index contributed by atoms with van der Waals surface area (Å²) in [5.74, 6) is -1.79. The zero-order valence-corrected chi connectivity index (χ0v) is 38.1. The number of rotatable bonds is 8. The van der Waals surface area contributed by atoms with Gasteiger partial charge in [-0.05, 0) is 110 Å². The SMILES string of the molecule is [2H]C([2H])([2H])c1cc(-c2cc(C([2H])(C)C)cc(C([2H])(C)C)c2)ccc1-n1c(-c2ccccc2O)nc2c(-c3[c-]c(-c4cc(-c5ccc(C(C([2H])([2H])[2H])(C([2H])([2H])[2H])C([2H])([2H])[2H])cc5)ccn4)cc(C(C)(C)C)c3)cccc21.[Pt].